The van der Waals surface area contributed by atoms with Crippen molar-refractivity contribution in [1.29, 1.82) is 0 Å². The molecule has 148 valence electrons. The van der Waals surface area contributed by atoms with Gasteiger partial charge in [-0.1, -0.05) is 0 Å². The number of likely N-dealkylation sites (tertiary alicyclic amines) is 1. The molecule has 8 heteroatoms. The lowest BCUT2D eigenvalue weighted by atomic mass is 9.97. The van der Waals surface area contributed by atoms with Crippen LogP contribution in [0.4, 0.5) is 0 Å². The van der Waals surface area contributed by atoms with E-state index >= 15 is 0 Å². The van der Waals surface area contributed by atoms with E-state index in [4.69, 9.17) is 9.72 Å². The van der Waals surface area contributed by atoms with Crippen LogP contribution in [0, 0.1) is 12.8 Å². The number of aromatic amines is 1. The monoisotopic (exact) mass is 418 g/mol. The molecule has 0 aromatic carbocycles. The van der Waals surface area contributed by atoms with E-state index in [1.807, 2.05) is 12.3 Å². The van der Waals surface area contributed by atoms with Crippen LogP contribution in [-0.2, 0) is 16.1 Å². The molecule has 0 radical (unpaired) electrons. The number of rotatable bonds is 5. The van der Waals surface area contributed by atoms with Crippen LogP contribution >= 0.6 is 22.7 Å². The van der Waals surface area contributed by atoms with Crippen molar-refractivity contribution in [3.8, 4) is 10.4 Å². The Labute approximate surface area is 171 Å². The highest BCUT2D eigenvalue weighted by Gasteiger charge is 2.29. The molecular weight excluding hydrogens is 394 g/mol. The zero-order chi connectivity index (χ0) is 19.7. The Hall–Kier alpha value is -2.03. The third-order valence-electron chi connectivity index (χ3n) is 5.23. The smallest absolute Gasteiger partial charge is 0.309 e. The number of thiophene rings is 2. The van der Waals surface area contributed by atoms with E-state index in [0.717, 1.165) is 47.0 Å². The fraction of sp³-hybridized carbons (Fsp3) is 0.450. The van der Waals surface area contributed by atoms with Gasteiger partial charge in [-0.25, -0.2) is 4.98 Å². The number of piperidine rings is 1. The van der Waals surface area contributed by atoms with E-state index in [1.165, 1.54) is 21.1 Å². The maximum Gasteiger partial charge on any atom is 0.309 e. The minimum atomic E-state index is -0.0792. The molecule has 1 fully saturated rings. The Morgan fingerprint density at radius 2 is 2.14 bits per heavy atom. The maximum atomic E-state index is 12.8. The van der Waals surface area contributed by atoms with Gasteiger partial charge in [-0.05, 0) is 26.0 Å². The number of carbonyl (C=O) groups is 1. The number of aryl methyl sites for hydroxylation is 1. The number of carbonyl (C=O) groups excluding carboxylic acids is 1. The average Bonchev–Trinajstić information content (AvgIpc) is 3.29. The fourth-order valence-corrected chi connectivity index (χ4v) is 5.70. The number of nitrogens with zero attached hydrogens (tertiary/aromatic N) is 1. The number of esters is 1. The minimum absolute atomic E-state index is 0.00675. The second-order valence-corrected chi connectivity index (χ2v) is 9.35. The molecule has 4 rings (SSSR count). The number of fused-ring (bicyclic) bond motifs is 1. The third kappa shape index (κ3) is 3.90. The maximum absolute atomic E-state index is 12.8. The summed E-state index contributed by atoms with van der Waals surface area (Å²) in [5.41, 5.74) is 0.907. The van der Waals surface area contributed by atoms with Gasteiger partial charge in [0, 0.05) is 33.5 Å². The number of H-pyrrole nitrogens is 1. The van der Waals surface area contributed by atoms with Crippen LogP contribution in [0.1, 0.15) is 30.5 Å². The largest absolute Gasteiger partial charge is 0.466 e. The molecule has 4 heterocycles. The third-order valence-corrected chi connectivity index (χ3v) is 7.14. The number of aromatic nitrogens is 2. The summed E-state index contributed by atoms with van der Waals surface area (Å²) in [5.74, 6) is 0.648. The summed E-state index contributed by atoms with van der Waals surface area (Å²) in [6, 6.07) is 4.13. The van der Waals surface area contributed by atoms with Crippen LogP contribution < -0.4 is 10.5 Å². The Morgan fingerprint density at radius 3 is 2.82 bits per heavy atom. The highest BCUT2D eigenvalue weighted by molar-refractivity contribution is 7.19. The van der Waals surface area contributed by atoms with Gasteiger partial charge < -0.3 is 14.6 Å². The van der Waals surface area contributed by atoms with Crippen LogP contribution in [0.5, 0.6) is 0 Å². The molecule has 3 aromatic heterocycles. The first-order valence-electron chi connectivity index (χ1n) is 9.62. The van der Waals surface area contributed by atoms with Gasteiger partial charge in [-0.2, -0.15) is 0 Å². The van der Waals surface area contributed by atoms with E-state index in [2.05, 4.69) is 24.0 Å². The van der Waals surface area contributed by atoms with Crippen LogP contribution in [-0.4, -0.2) is 35.6 Å². The lowest BCUT2D eigenvalue weighted by Crippen LogP contribution is -3.12. The van der Waals surface area contributed by atoms with Crippen molar-refractivity contribution in [2.45, 2.75) is 33.2 Å². The Morgan fingerprint density at radius 1 is 1.36 bits per heavy atom. The second-order valence-electron chi connectivity index (χ2n) is 7.21. The average molecular weight is 419 g/mol. The summed E-state index contributed by atoms with van der Waals surface area (Å²) in [7, 11) is 0. The first kappa shape index (κ1) is 19.3. The van der Waals surface area contributed by atoms with Crippen LogP contribution in [0.15, 0.2) is 22.3 Å². The lowest BCUT2D eigenvalue weighted by Gasteiger charge is -2.27. The summed E-state index contributed by atoms with van der Waals surface area (Å²) < 4.78 is 5.13. The van der Waals surface area contributed by atoms with Gasteiger partial charge in [-0.15, -0.1) is 22.7 Å². The summed E-state index contributed by atoms with van der Waals surface area (Å²) in [4.78, 5) is 36.8. The topological polar surface area (TPSA) is 76.5 Å². The summed E-state index contributed by atoms with van der Waals surface area (Å²) >= 11 is 3.22. The van der Waals surface area contributed by atoms with E-state index in [1.54, 1.807) is 11.3 Å². The van der Waals surface area contributed by atoms with Crippen LogP contribution in [0.2, 0.25) is 0 Å². The summed E-state index contributed by atoms with van der Waals surface area (Å²) in [5, 5.41) is 2.71. The molecule has 1 aliphatic heterocycles. The lowest BCUT2D eigenvalue weighted by molar-refractivity contribution is -0.920. The van der Waals surface area contributed by atoms with E-state index < -0.39 is 0 Å². The van der Waals surface area contributed by atoms with Crippen LogP contribution in [0.3, 0.4) is 0 Å². The zero-order valence-corrected chi connectivity index (χ0v) is 17.7. The molecule has 0 saturated carbocycles. The normalized spacial score (nSPS) is 19.8. The Bertz CT molecular complexity index is 1040. The van der Waals surface area contributed by atoms with Crippen molar-refractivity contribution in [3.63, 3.8) is 0 Å². The van der Waals surface area contributed by atoms with Crippen molar-refractivity contribution >= 4 is 38.9 Å². The molecule has 0 amide bonds. The molecule has 0 aliphatic carbocycles. The fourth-order valence-electron chi connectivity index (χ4n) is 3.77. The highest BCUT2D eigenvalue weighted by atomic mass is 32.1. The van der Waals surface area contributed by atoms with Gasteiger partial charge in [0.05, 0.1) is 31.0 Å². The molecule has 1 aliphatic rings. The number of ether oxygens (including phenoxy) is 1. The predicted molar refractivity (Wildman–Crippen MR) is 112 cm³/mol. The molecule has 0 bridgehead atoms. The first-order valence-corrected chi connectivity index (χ1v) is 11.3. The Kier molecular flexibility index (Phi) is 5.61. The molecule has 0 atom stereocenters. The van der Waals surface area contributed by atoms with Gasteiger partial charge >= 0.3 is 5.97 Å². The summed E-state index contributed by atoms with van der Waals surface area (Å²) in [6.07, 6.45) is 1.64. The SMILES string of the molecule is CCOC(=O)C1CC[NH+](Cc2nc3scc(-c4ccc(C)s4)c3c(=O)[nH]2)CC1. The highest BCUT2D eigenvalue weighted by Crippen LogP contribution is 2.34. The molecular formula is C20H24N3O3S2+. The quantitative estimate of drug-likeness (QED) is 0.624. The standard InChI is InChI=1S/C20H23N3O3S2/c1-3-26-20(25)13-6-8-23(9-7-13)10-16-21-18(24)17-14(11-27-19(17)22-16)15-5-4-12(2)28-15/h4-5,11,13H,3,6-10H2,1-2H3,(H,21,22,24)/p+1. The second kappa shape index (κ2) is 8.14. The van der Waals surface area contributed by atoms with Crippen LogP contribution in [0.25, 0.3) is 20.7 Å². The van der Waals surface area contributed by atoms with E-state index in [-0.39, 0.29) is 17.4 Å². The number of quaternary nitrogens is 1. The van der Waals surface area contributed by atoms with Gasteiger partial charge in [0.25, 0.3) is 5.56 Å². The van der Waals surface area contributed by atoms with Crippen molar-refractivity contribution in [1.82, 2.24) is 9.97 Å². The zero-order valence-electron chi connectivity index (χ0n) is 16.0. The van der Waals surface area contributed by atoms with E-state index in [0.29, 0.717) is 18.5 Å². The summed E-state index contributed by atoms with van der Waals surface area (Å²) in [6.45, 7) is 6.78. The van der Waals surface area contributed by atoms with Gasteiger partial charge in [0.2, 0.25) is 0 Å². The molecule has 28 heavy (non-hydrogen) atoms. The van der Waals surface area contributed by atoms with Crippen molar-refractivity contribution < 1.29 is 14.4 Å². The number of hydrogen-bond donors (Lipinski definition) is 2. The van der Waals surface area contributed by atoms with Gasteiger partial charge in [-0.3, -0.25) is 9.59 Å². The van der Waals surface area contributed by atoms with Crippen molar-refractivity contribution in [2.75, 3.05) is 19.7 Å². The molecule has 0 spiro atoms. The Balaban J connectivity index is 1.49. The number of nitrogens with one attached hydrogen (secondary N) is 2. The van der Waals surface area contributed by atoms with Gasteiger partial charge in [0.15, 0.2) is 5.82 Å². The molecule has 0 unspecified atom stereocenters. The van der Waals surface area contributed by atoms with Crippen molar-refractivity contribution in [3.05, 3.63) is 38.6 Å². The number of hydrogen-bond acceptors (Lipinski definition) is 6. The first-order chi connectivity index (χ1) is 13.5. The molecule has 1 saturated heterocycles. The van der Waals surface area contributed by atoms with Crippen molar-refractivity contribution in [2.24, 2.45) is 5.92 Å². The predicted octanol–water partition coefficient (Wildman–Crippen LogP) is 2.38. The van der Waals surface area contributed by atoms with E-state index in [9.17, 15) is 9.59 Å². The molecule has 3 aromatic rings. The minimum Gasteiger partial charge on any atom is -0.466 e. The molecule has 6 nitrogen and oxygen atoms in total. The van der Waals surface area contributed by atoms with Gasteiger partial charge in [0.1, 0.15) is 11.4 Å². The molecule has 2 N–H and O–H groups in total.